The third-order valence-electron chi connectivity index (χ3n) is 8.47. The van der Waals surface area contributed by atoms with Crippen molar-refractivity contribution in [1.29, 1.82) is 0 Å². The van der Waals surface area contributed by atoms with Gasteiger partial charge in [0.25, 0.3) is 5.91 Å². The lowest BCUT2D eigenvalue weighted by Gasteiger charge is -2.26. The Kier molecular flexibility index (Phi) is 9.46. The number of nitrogens with zero attached hydrogens (tertiary/aromatic N) is 4. The standard InChI is InChI=1S/C33H46N6O3S/c1-22-13-30-25(16-31(26-18-35-38(3)20-26)39(30)21-42-11-12-43(4,5)6)15-28(22)33(41)37-29-17-27(19-34-23(29)2)36-32(40)14-24-9-7-8-10-24/h15-20,22,24H,7-14,21H2,1-6H3,(H,36,40)(H,37,41). The molecule has 2 amide bonds. The van der Waals surface area contributed by atoms with Crippen molar-refractivity contribution in [3.8, 4) is 11.3 Å². The first-order valence-electron chi connectivity index (χ1n) is 15.2. The first-order chi connectivity index (χ1) is 20.5. The van der Waals surface area contributed by atoms with E-state index in [0.29, 0.717) is 42.7 Å². The van der Waals surface area contributed by atoms with Gasteiger partial charge in [0, 0.05) is 42.2 Å². The van der Waals surface area contributed by atoms with Crippen molar-refractivity contribution in [2.75, 3.05) is 41.8 Å². The predicted octanol–water partition coefficient (Wildman–Crippen LogP) is 5.99. The minimum absolute atomic E-state index is 0.00327. The first kappa shape index (κ1) is 31.1. The minimum atomic E-state index is -0.637. The second-order valence-electron chi connectivity index (χ2n) is 13.0. The normalized spacial score (nSPS) is 17.4. The van der Waals surface area contributed by atoms with Crippen molar-refractivity contribution in [2.24, 2.45) is 18.9 Å². The monoisotopic (exact) mass is 606 g/mol. The van der Waals surface area contributed by atoms with Gasteiger partial charge in [0.2, 0.25) is 5.91 Å². The summed E-state index contributed by atoms with van der Waals surface area (Å²) in [4.78, 5) is 30.7. The molecule has 0 aliphatic heterocycles. The maximum Gasteiger partial charge on any atom is 0.251 e. The number of pyridine rings is 1. The van der Waals surface area contributed by atoms with Crippen LogP contribution in [-0.4, -0.2) is 62.3 Å². The highest BCUT2D eigenvalue weighted by molar-refractivity contribution is 8.32. The molecular formula is C33H46N6O3S. The number of hydrogen-bond acceptors (Lipinski definition) is 5. The molecule has 3 aromatic rings. The zero-order chi connectivity index (χ0) is 30.7. The van der Waals surface area contributed by atoms with E-state index in [2.05, 4.69) is 57.0 Å². The lowest BCUT2D eigenvalue weighted by Crippen LogP contribution is -2.24. The second kappa shape index (κ2) is 13.1. The zero-order valence-electron chi connectivity index (χ0n) is 26.4. The topological polar surface area (TPSA) is 103 Å². The quantitative estimate of drug-likeness (QED) is 0.261. The SMILES string of the molecule is Cc1ncc(NC(=O)CC2CCCC2)cc1NC(=O)C1=Cc2cc(-c3cnn(C)c3)n(COCCS(C)(C)C)c2CC1C. The number of nitrogens with one attached hydrogen (secondary N) is 2. The second-order valence-corrected chi connectivity index (χ2v) is 17.6. The summed E-state index contributed by atoms with van der Waals surface area (Å²) in [6.07, 6.45) is 20.3. The molecular weight excluding hydrogens is 560 g/mol. The molecule has 3 heterocycles. The summed E-state index contributed by atoms with van der Waals surface area (Å²) >= 11 is 0. The van der Waals surface area contributed by atoms with E-state index in [0.717, 1.165) is 53.1 Å². The van der Waals surface area contributed by atoms with E-state index < -0.39 is 10.0 Å². The lowest BCUT2D eigenvalue weighted by atomic mass is 9.87. The van der Waals surface area contributed by atoms with Gasteiger partial charge >= 0.3 is 0 Å². The molecule has 0 bridgehead atoms. The van der Waals surface area contributed by atoms with Gasteiger partial charge in [-0.3, -0.25) is 19.3 Å². The Morgan fingerprint density at radius 2 is 1.88 bits per heavy atom. The van der Waals surface area contributed by atoms with Gasteiger partial charge in [-0.1, -0.05) is 19.8 Å². The number of carbonyl (C=O) groups is 2. The van der Waals surface area contributed by atoms with Gasteiger partial charge in [0.05, 0.1) is 41.8 Å². The van der Waals surface area contributed by atoms with E-state index in [1.54, 1.807) is 16.9 Å². The average molecular weight is 607 g/mol. The van der Waals surface area contributed by atoms with Crippen molar-refractivity contribution >= 4 is 39.3 Å². The number of aryl methyl sites for hydroxylation is 2. The number of ether oxygens (including phenoxy) is 1. The number of fused-ring (bicyclic) bond motifs is 1. The minimum Gasteiger partial charge on any atom is -0.360 e. The molecule has 1 saturated carbocycles. The molecule has 1 unspecified atom stereocenters. The summed E-state index contributed by atoms with van der Waals surface area (Å²) in [7, 11) is 1.28. The third kappa shape index (κ3) is 7.78. The van der Waals surface area contributed by atoms with Crippen molar-refractivity contribution in [1.82, 2.24) is 19.3 Å². The van der Waals surface area contributed by atoms with Gasteiger partial charge in [0.15, 0.2) is 0 Å². The van der Waals surface area contributed by atoms with E-state index in [9.17, 15) is 9.59 Å². The predicted molar refractivity (Wildman–Crippen MR) is 176 cm³/mol. The van der Waals surface area contributed by atoms with Crippen LogP contribution in [0.15, 0.2) is 36.3 Å². The summed E-state index contributed by atoms with van der Waals surface area (Å²) in [5.41, 5.74) is 6.86. The number of rotatable bonds is 11. The van der Waals surface area contributed by atoms with Gasteiger partial charge in [-0.05, 0) is 80.6 Å². The van der Waals surface area contributed by atoms with Gasteiger partial charge in [-0.2, -0.15) is 5.10 Å². The molecule has 3 aromatic heterocycles. The van der Waals surface area contributed by atoms with Crippen molar-refractivity contribution in [3.05, 3.63) is 53.2 Å². The molecule has 232 valence electrons. The number of aromatic nitrogens is 4. The number of carbonyl (C=O) groups excluding carboxylic acids is 2. The molecule has 0 spiro atoms. The van der Waals surface area contributed by atoms with Crippen LogP contribution in [0.3, 0.4) is 0 Å². The summed E-state index contributed by atoms with van der Waals surface area (Å²) in [6.45, 7) is 5.12. The Balaban J connectivity index is 1.34. The Bertz CT molecular complexity index is 1510. The smallest absolute Gasteiger partial charge is 0.251 e. The van der Waals surface area contributed by atoms with E-state index in [1.165, 1.54) is 12.8 Å². The van der Waals surface area contributed by atoms with Gasteiger partial charge in [-0.25, -0.2) is 10.0 Å². The molecule has 10 heteroatoms. The molecule has 2 aliphatic carbocycles. The van der Waals surface area contributed by atoms with Crippen LogP contribution in [0.5, 0.6) is 0 Å². The Hall–Kier alpha value is -3.37. The fourth-order valence-corrected chi connectivity index (χ4v) is 6.60. The highest BCUT2D eigenvalue weighted by Gasteiger charge is 2.28. The number of hydrogen-bond donors (Lipinski definition) is 2. The first-order valence-corrected chi connectivity index (χ1v) is 18.2. The Morgan fingerprint density at radius 3 is 2.58 bits per heavy atom. The Morgan fingerprint density at radius 1 is 1.12 bits per heavy atom. The van der Waals surface area contributed by atoms with E-state index in [4.69, 9.17) is 4.74 Å². The van der Waals surface area contributed by atoms with Crippen LogP contribution in [0, 0.1) is 18.8 Å². The average Bonchev–Trinajstić information content (AvgIpc) is 3.68. The Labute approximate surface area is 256 Å². The highest BCUT2D eigenvalue weighted by Crippen LogP contribution is 2.36. The molecule has 0 aromatic carbocycles. The highest BCUT2D eigenvalue weighted by atomic mass is 32.3. The molecule has 9 nitrogen and oxygen atoms in total. The molecule has 2 N–H and O–H groups in total. The van der Waals surface area contributed by atoms with Crippen LogP contribution in [0.1, 0.15) is 56.0 Å². The fraction of sp³-hybridized carbons (Fsp3) is 0.515. The summed E-state index contributed by atoms with van der Waals surface area (Å²) in [5, 5.41) is 10.4. The van der Waals surface area contributed by atoms with Crippen LogP contribution >= 0.6 is 10.0 Å². The molecule has 0 saturated heterocycles. The summed E-state index contributed by atoms with van der Waals surface area (Å²) in [5.74, 6) is 1.37. The molecule has 1 fully saturated rings. The van der Waals surface area contributed by atoms with Crippen LogP contribution in [-0.2, 0) is 34.5 Å². The van der Waals surface area contributed by atoms with Crippen LogP contribution < -0.4 is 10.6 Å². The zero-order valence-corrected chi connectivity index (χ0v) is 27.2. The maximum atomic E-state index is 13.6. The largest absolute Gasteiger partial charge is 0.360 e. The summed E-state index contributed by atoms with van der Waals surface area (Å²) < 4.78 is 10.2. The van der Waals surface area contributed by atoms with Gasteiger partial charge < -0.3 is 19.9 Å². The lowest BCUT2D eigenvalue weighted by molar-refractivity contribution is -0.117. The molecule has 2 aliphatic rings. The van der Waals surface area contributed by atoms with E-state index in [1.807, 2.05) is 32.4 Å². The molecule has 43 heavy (non-hydrogen) atoms. The maximum absolute atomic E-state index is 13.6. The fourth-order valence-electron chi connectivity index (χ4n) is 5.98. The third-order valence-corrected chi connectivity index (χ3v) is 9.87. The van der Waals surface area contributed by atoms with Crippen molar-refractivity contribution < 1.29 is 14.3 Å². The van der Waals surface area contributed by atoms with Crippen molar-refractivity contribution in [3.63, 3.8) is 0 Å². The van der Waals surface area contributed by atoms with Crippen LogP contribution in [0.2, 0.25) is 0 Å². The number of anilines is 2. The van der Waals surface area contributed by atoms with Crippen LogP contribution in [0.25, 0.3) is 17.3 Å². The molecule has 1 atom stereocenters. The van der Waals surface area contributed by atoms with E-state index >= 15 is 0 Å². The van der Waals surface area contributed by atoms with Gasteiger partial charge in [-0.15, -0.1) is 0 Å². The summed E-state index contributed by atoms with van der Waals surface area (Å²) in [6, 6.07) is 3.94. The van der Waals surface area contributed by atoms with E-state index in [-0.39, 0.29) is 17.7 Å². The van der Waals surface area contributed by atoms with Crippen molar-refractivity contribution in [2.45, 2.75) is 59.1 Å². The number of amides is 2. The van der Waals surface area contributed by atoms with Crippen LogP contribution in [0.4, 0.5) is 11.4 Å². The molecule has 0 radical (unpaired) electrons. The van der Waals surface area contributed by atoms with Gasteiger partial charge in [0.1, 0.15) is 6.73 Å². The molecule has 5 rings (SSSR count).